The summed E-state index contributed by atoms with van der Waals surface area (Å²) in [5.74, 6) is -0.126. The first-order chi connectivity index (χ1) is 9.49. The van der Waals surface area contributed by atoms with Gasteiger partial charge < -0.3 is 4.84 Å². The average Bonchev–Trinajstić information content (AvgIpc) is 2.71. The normalized spacial score (nSPS) is 11.3. The number of nitrogens with zero attached hydrogens (tertiary/aromatic N) is 2. The van der Waals surface area contributed by atoms with Crippen LogP contribution in [0, 0.1) is 0 Å². The van der Waals surface area contributed by atoms with E-state index in [2.05, 4.69) is 18.8 Å². The minimum atomic E-state index is -0.457. The lowest BCUT2D eigenvalue weighted by molar-refractivity contribution is -0.140. The zero-order valence-electron chi connectivity index (χ0n) is 11.6. The summed E-state index contributed by atoms with van der Waals surface area (Å²) < 4.78 is 1.26. The second kappa shape index (κ2) is 6.02. The van der Waals surface area contributed by atoms with Gasteiger partial charge in [-0.1, -0.05) is 31.5 Å². The van der Waals surface area contributed by atoms with Crippen LogP contribution in [0.15, 0.2) is 12.1 Å². The van der Waals surface area contributed by atoms with Crippen LogP contribution < -0.4 is 4.84 Å². The summed E-state index contributed by atoms with van der Waals surface area (Å²) in [6.45, 7) is 5.55. The van der Waals surface area contributed by atoms with Gasteiger partial charge in [-0.3, -0.25) is 0 Å². The minimum absolute atomic E-state index is 0.0931. The maximum absolute atomic E-state index is 11.2. The molecule has 0 saturated carbocycles. The highest BCUT2D eigenvalue weighted by atomic mass is 35.5. The lowest BCUT2D eigenvalue weighted by Crippen LogP contribution is -2.17. The smallest absolute Gasteiger partial charge is 0.330 e. The van der Waals surface area contributed by atoms with Crippen LogP contribution >= 0.6 is 23.2 Å². The third-order valence-electron chi connectivity index (χ3n) is 3.35. The molecule has 6 heteroatoms. The molecule has 1 aromatic heterocycles. The van der Waals surface area contributed by atoms with Crippen molar-refractivity contribution in [2.45, 2.75) is 39.5 Å². The van der Waals surface area contributed by atoms with E-state index in [4.69, 9.17) is 28.0 Å². The Bertz CT molecular complexity index is 648. The van der Waals surface area contributed by atoms with E-state index in [1.807, 2.05) is 6.07 Å². The fourth-order valence-electron chi connectivity index (χ4n) is 2.39. The molecule has 0 unspecified atom stereocenters. The van der Waals surface area contributed by atoms with Crippen LogP contribution in [0.2, 0.25) is 10.3 Å². The van der Waals surface area contributed by atoms with Gasteiger partial charge in [0.15, 0.2) is 0 Å². The van der Waals surface area contributed by atoms with Crippen molar-refractivity contribution in [3.8, 4) is 0 Å². The first-order valence-corrected chi connectivity index (χ1v) is 7.30. The topological polar surface area (TPSA) is 44.1 Å². The predicted octanol–water partition coefficient (Wildman–Crippen LogP) is 4.22. The number of carbonyl (C=O) groups is 1. The monoisotopic (exact) mass is 314 g/mol. The van der Waals surface area contributed by atoms with E-state index >= 15 is 0 Å². The molecule has 0 N–H and O–H groups in total. The van der Waals surface area contributed by atoms with Gasteiger partial charge in [-0.05, 0) is 42.0 Å². The highest BCUT2D eigenvalue weighted by molar-refractivity contribution is 6.36. The molecule has 0 fully saturated rings. The molecule has 4 nitrogen and oxygen atoms in total. The first-order valence-electron chi connectivity index (χ1n) is 6.54. The van der Waals surface area contributed by atoms with Crippen molar-refractivity contribution in [2.75, 3.05) is 0 Å². The Labute approximate surface area is 127 Å². The van der Waals surface area contributed by atoms with Crippen molar-refractivity contribution in [3.63, 3.8) is 0 Å². The number of halogens is 2. The Morgan fingerprint density at radius 2 is 2.00 bits per heavy atom. The molecule has 2 aromatic rings. The van der Waals surface area contributed by atoms with Gasteiger partial charge in [-0.25, -0.2) is 9.78 Å². The molecule has 0 spiro atoms. The van der Waals surface area contributed by atoms with E-state index in [0.717, 1.165) is 18.4 Å². The molecule has 1 aromatic carbocycles. The molecule has 0 atom stereocenters. The minimum Gasteiger partial charge on any atom is -0.334 e. The molecule has 0 amide bonds. The third-order valence-corrected chi connectivity index (χ3v) is 3.90. The van der Waals surface area contributed by atoms with Gasteiger partial charge in [-0.15, -0.1) is 4.73 Å². The van der Waals surface area contributed by atoms with Crippen LogP contribution in [0.4, 0.5) is 0 Å². The van der Waals surface area contributed by atoms with Crippen molar-refractivity contribution >= 4 is 40.2 Å². The Hall–Kier alpha value is -1.26. The number of hydrogen-bond donors (Lipinski definition) is 0. The van der Waals surface area contributed by atoms with Crippen molar-refractivity contribution in [1.82, 2.24) is 9.71 Å². The van der Waals surface area contributed by atoms with Crippen LogP contribution in [0.1, 0.15) is 45.1 Å². The lowest BCUT2D eigenvalue weighted by Gasteiger charge is -2.15. The van der Waals surface area contributed by atoms with Gasteiger partial charge in [-0.2, -0.15) is 0 Å². The summed E-state index contributed by atoms with van der Waals surface area (Å²) in [4.78, 5) is 20.6. The number of aromatic nitrogens is 2. The van der Waals surface area contributed by atoms with Gasteiger partial charge in [0.25, 0.3) is 0 Å². The molecule has 108 valence electrons. The van der Waals surface area contributed by atoms with Crippen LogP contribution in [-0.4, -0.2) is 15.7 Å². The number of imidazole rings is 1. The standard InChI is InChI=1S/C14H16Cl2N2O2/c1-4-9(5-2)10-6-7-11(15)12-13(10)18(14(16)17-12)20-8(3)19/h6-7,9H,4-5H2,1-3H3. The Morgan fingerprint density at radius 3 is 2.55 bits per heavy atom. The zero-order valence-corrected chi connectivity index (χ0v) is 13.1. The summed E-state index contributed by atoms with van der Waals surface area (Å²) in [6, 6.07) is 3.75. The van der Waals surface area contributed by atoms with Crippen molar-refractivity contribution in [3.05, 3.63) is 28.0 Å². The van der Waals surface area contributed by atoms with Crippen LogP contribution in [-0.2, 0) is 4.79 Å². The van der Waals surface area contributed by atoms with Gasteiger partial charge >= 0.3 is 5.97 Å². The first kappa shape index (κ1) is 15.1. The molecule has 0 aliphatic carbocycles. The van der Waals surface area contributed by atoms with Crippen molar-refractivity contribution in [2.24, 2.45) is 0 Å². The van der Waals surface area contributed by atoms with E-state index in [1.165, 1.54) is 11.7 Å². The molecule has 0 aliphatic rings. The fraction of sp³-hybridized carbons (Fsp3) is 0.429. The summed E-state index contributed by atoms with van der Waals surface area (Å²) in [5.41, 5.74) is 2.27. The quantitative estimate of drug-likeness (QED) is 0.848. The van der Waals surface area contributed by atoms with Crippen molar-refractivity contribution < 1.29 is 9.63 Å². The van der Waals surface area contributed by atoms with E-state index in [0.29, 0.717) is 22.0 Å². The van der Waals surface area contributed by atoms with Gasteiger partial charge in [0, 0.05) is 6.92 Å². The number of benzene rings is 1. The fourth-order valence-corrected chi connectivity index (χ4v) is 2.79. The van der Waals surface area contributed by atoms with Gasteiger partial charge in [0.05, 0.1) is 5.02 Å². The molecule has 0 bridgehead atoms. The zero-order chi connectivity index (χ0) is 14.9. The van der Waals surface area contributed by atoms with E-state index in [-0.39, 0.29) is 5.28 Å². The van der Waals surface area contributed by atoms with E-state index in [9.17, 15) is 4.79 Å². The number of carbonyl (C=O) groups excluding carboxylic acids is 1. The summed E-state index contributed by atoms with van der Waals surface area (Å²) in [5, 5.41) is 0.581. The number of rotatable bonds is 4. The second-order valence-corrected chi connectivity index (χ2v) is 5.35. The summed E-state index contributed by atoms with van der Waals surface area (Å²) in [7, 11) is 0. The number of fused-ring (bicyclic) bond motifs is 1. The second-order valence-electron chi connectivity index (χ2n) is 4.61. The van der Waals surface area contributed by atoms with E-state index < -0.39 is 5.97 Å². The largest absolute Gasteiger partial charge is 0.334 e. The highest BCUT2D eigenvalue weighted by Gasteiger charge is 2.21. The van der Waals surface area contributed by atoms with Crippen LogP contribution in [0.25, 0.3) is 11.0 Å². The molecular weight excluding hydrogens is 299 g/mol. The van der Waals surface area contributed by atoms with Crippen LogP contribution in [0.3, 0.4) is 0 Å². The Balaban J connectivity index is 2.75. The molecule has 0 saturated heterocycles. The van der Waals surface area contributed by atoms with E-state index in [1.54, 1.807) is 6.07 Å². The lowest BCUT2D eigenvalue weighted by atomic mass is 9.93. The summed E-state index contributed by atoms with van der Waals surface area (Å²) in [6.07, 6.45) is 1.94. The molecular formula is C14H16Cl2N2O2. The van der Waals surface area contributed by atoms with Crippen molar-refractivity contribution in [1.29, 1.82) is 0 Å². The molecule has 2 rings (SSSR count). The van der Waals surface area contributed by atoms with Gasteiger partial charge in [0.2, 0.25) is 5.28 Å². The van der Waals surface area contributed by atoms with Gasteiger partial charge in [0.1, 0.15) is 11.0 Å². The molecule has 0 radical (unpaired) electrons. The molecule has 20 heavy (non-hydrogen) atoms. The molecule has 1 heterocycles. The molecule has 0 aliphatic heterocycles. The maximum atomic E-state index is 11.2. The predicted molar refractivity (Wildman–Crippen MR) is 80.3 cm³/mol. The average molecular weight is 315 g/mol. The van der Waals surface area contributed by atoms with Crippen LogP contribution in [0.5, 0.6) is 0 Å². The highest BCUT2D eigenvalue weighted by Crippen LogP contribution is 2.34. The number of hydrogen-bond acceptors (Lipinski definition) is 3. The Kier molecular flexibility index (Phi) is 4.55. The maximum Gasteiger partial charge on any atom is 0.330 e. The Morgan fingerprint density at radius 1 is 1.35 bits per heavy atom. The summed E-state index contributed by atoms with van der Waals surface area (Å²) >= 11 is 12.2. The third kappa shape index (κ3) is 2.63. The SMILES string of the molecule is CCC(CC)c1ccc(Cl)c2nc(Cl)n(OC(C)=O)c12.